The van der Waals surface area contributed by atoms with Gasteiger partial charge in [-0.2, -0.15) is 13.2 Å². The molecule has 0 spiro atoms. The third-order valence-corrected chi connectivity index (χ3v) is 4.79. The second-order valence-corrected chi connectivity index (χ2v) is 9.01. The molecule has 0 aromatic rings. The molecule has 0 nitrogen and oxygen atoms in total. The molecule has 4 heteroatoms. The van der Waals surface area contributed by atoms with Gasteiger partial charge in [0.15, 0.2) is 0 Å². The van der Waals surface area contributed by atoms with Crippen LogP contribution >= 0.6 is 7.92 Å². The first-order valence-electron chi connectivity index (χ1n) is 4.24. The highest BCUT2D eigenvalue weighted by Crippen LogP contribution is 2.69. The van der Waals surface area contributed by atoms with E-state index in [1.54, 1.807) is 41.5 Å². The van der Waals surface area contributed by atoms with E-state index in [-0.39, 0.29) is 0 Å². The van der Waals surface area contributed by atoms with E-state index in [2.05, 4.69) is 0 Å². The zero-order valence-electron chi connectivity index (χ0n) is 9.08. The molecule has 13 heavy (non-hydrogen) atoms. The van der Waals surface area contributed by atoms with Crippen molar-refractivity contribution in [2.45, 2.75) is 57.8 Å². The molecule has 0 amide bonds. The molecule has 0 fully saturated rings. The van der Waals surface area contributed by atoms with E-state index in [1.807, 2.05) is 0 Å². The van der Waals surface area contributed by atoms with Gasteiger partial charge in [-0.15, -0.1) is 0 Å². The van der Waals surface area contributed by atoms with Crippen LogP contribution in [0.1, 0.15) is 41.5 Å². The minimum atomic E-state index is -4.05. The molecular formula is C9H18F3P. The number of alkyl halides is 3. The highest BCUT2D eigenvalue weighted by Gasteiger charge is 2.52. The molecule has 0 atom stereocenters. The molecule has 0 radical (unpaired) electrons. The van der Waals surface area contributed by atoms with Crippen LogP contribution in [0.3, 0.4) is 0 Å². The van der Waals surface area contributed by atoms with Gasteiger partial charge in [0.2, 0.25) is 0 Å². The Balaban J connectivity index is 5.02. The number of hydrogen-bond acceptors (Lipinski definition) is 0. The number of rotatable bonds is 0. The van der Waals surface area contributed by atoms with Crippen LogP contribution in [0.15, 0.2) is 0 Å². The zero-order chi connectivity index (χ0) is 11.1. The molecule has 0 unspecified atom stereocenters. The summed E-state index contributed by atoms with van der Waals surface area (Å²) in [7, 11) is -1.98. The van der Waals surface area contributed by atoms with E-state index in [1.165, 1.54) is 0 Å². The Labute approximate surface area is 79.7 Å². The first-order chi connectivity index (χ1) is 5.37. The van der Waals surface area contributed by atoms with Gasteiger partial charge in [0.05, 0.1) is 0 Å². The van der Waals surface area contributed by atoms with Crippen LogP contribution in [-0.4, -0.2) is 16.2 Å². The minimum Gasteiger partial charge on any atom is -0.167 e. The van der Waals surface area contributed by atoms with Crippen molar-refractivity contribution in [3.63, 3.8) is 0 Å². The maximum Gasteiger partial charge on any atom is 0.406 e. The lowest BCUT2D eigenvalue weighted by Gasteiger charge is -2.41. The van der Waals surface area contributed by atoms with Crippen LogP contribution in [0.2, 0.25) is 0 Å². The lowest BCUT2D eigenvalue weighted by molar-refractivity contribution is -0.0436. The third-order valence-electron chi connectivity index (χ3n) is 1.60. The molecule has 0 aliphatic heterocycles. The average Bonchev–Trinajstić information content (AvgIpc) is 1.44. The van der Waals surface area contributed by atoms with Crippen molar-refractivity contribution in [1.29, 1.82) is 0 Å². The smallest absolute Gasteiger partial charge is 0.167 e. The molecule has 0 aliphatic carbocycles. The summed E-state index contributed by atoms with van der Waals surface area (Å²) in [6.45, 7) is 9.98. The molecule has 0 bridgehead atoms. The average molecular weight is 214 g/mol. The lowest BCUT2D eigenvalue weighted by Crippen LogP contribution is -2.32. The predicted molar refractivity (Wildman–Crippen MR) is 52.5 cm³/mol. The number of halogens is 3. The fourth-order valence-corrected chi connectivity index (χ4v) is 5.30. The molecule has 0 saturated carbocycles. The van der Waals surface area contributed by atoms with Crippen molar-refractivity contribution in [2.75, 3.05) is 0 Å². The Morgan fingerprint density at radius 1 is 0.692 bits per heavy atom. The van der Waals surface area contributed by atoms with Crippen LogP contribution in [0, 0.1) is 0 Å². The van der Waals surface area contributed by atoms with E-state index in [0.29, 0.717) is 0 Å². The summed E-state index contributed by atoms with van der Waals surface area (Å²) in [6.07, 6.45) is 0. The first kappa shape index (κ1) is 13.2. The summed E-state index contributed by atoms with van der Waals surface area (Å²) in [5.41, 5.74) is 0. The fourth-order valence-electron chi connectivity index (χ4n) is 1.77. The SMILES string of the molecule is CC(C)(C)P(C(C)(C)C)C(F)(F)F. The van der Waals surface area contributed by atoms with Crippen molar-refractivity contribution < 1.29 is 13.2 Å². The second-order valence-electron chi connectivity index (χ2n) is 5.14. The maximum atomic E-state index is 12.7. The van der Waals surface area contributed by atoms with Gasteiger partial charge in [-0.1, -0.05) is 41.5 Å². The van der Waals surface area contributed by atoms with E-state index in [4.69, 9.17) is 0 Å². The van der Waals surface area contributed by atoms with Crippen molar-refractivity contribution in [1.82, 2.24) is 0 Å². The van der Waals surface area contributed by atoms with Crippen molar-refractivity contribution in [3.05, 3.63) is 0 Å². The highest BCUT2D eigenvalue weighted by atomic mass is 31.1. The largest absolute Gasteiger partial charge is 0.406 e. The Morgan fingerprint density at radius 2 is 0.923 bits per heavy atom. The zero-order valence-corrected chi connectivity index (χ0v) is 9.98. The van der Waals surface area contributed by atoms with Gasteiger partial charge < -0.3 is 0 Å². The van der Waals surface area contributed by atoms with E-state index < -0.39 is 24.2 Å². The van der Waals surface area contributed by atoms with E-state index in [0.717, 1.165) is 0 Å². The van der Waals surface area contributed by atoms with E-state index >= 15 is 0 Å². The van der Waals surface area contributed by atoms with Gasteiger partial charge in [0.1, 0.15) is 0 Å². The summed E-state index contributed by atoms with van der Waals surface area (Å²) in [4.78, 5) is 0. The predicted octanol–water partition coefficient (Wildman–Crippen LogP) is 4.59. The molecule has 0 saturated heterocycles. The van der Waals surface area contributed by atoms with Gasteiger partial charge in [-0.25, -0.2) is 0 Å². The standard InChI is InChI=1S/C9H18F3P/c1-7(2,3)13(8(4,5)6)9(10,11)12/h1-6H3. The molecule has 0 N–H and O–H groups in total. The molecular weight excluding hydrogens is 196 g/mol. The molecule has 0 aliphatic rings. The van der Waals surface area contributed by atoms with E-state index in [9.17, 15) is 13.2 Å². The Bertz CT molecular complexity index is 137. The molecule has 0 aromatic carbocycles. The van der Waals surface area contributed by atoms with Crippen LogP contribution in [0.4, 0.5) is 13.2 Å². The summed E-state index contributed by atoms with van der Waals surface area (Å²) >= 11 is 0. The lowest BCUT2D eigenvalue weighted by atomic mass is 10.2. The van der Waals surface area contributed by atoms with Crippen molar-refractivity contribution in [2.24, 2.45) is 0 Å². The summed E-state index contributed by atoms with van der Waals surface area (Å²) in [6, 6.07) is 0. The van der Waals surface area contributed by atoms with Crippen LogP contribution in [-0.2, 0) is 0 Å². The summed E-state index contributed by atoms with van der Waals surface area (Å²) in [5, 5.41) is -1.35. The van der Waals surface area contributed by atoms with Gasteiger partial charge >= 0.3 is 5.92 Å². The van der Waals surface area contributed by atoms with Crippen LogP contribution < -0.4 is 0 Å². The molecule has 80 valence electrons. The Morgan fingerprint density at radius 3 is 0.923 bits per heavy atom. The first-order valence-corrected chi connectivity index (χ1v) is 5.58. The van der Waals surface area contributed by atoms with Gasteiger partial charge in [0.25, 0.3) is 0 Å². The number of hydrogen-bond donors (Lipinski definition) is 0. The van der Waals surface area contributed by atoms with Gasteiger partial charge in [0, 0.05) is 7.92 Å². The molecule has 0 heterocycles. The highest BCUT2D eigenvalue weighted by molar-refractivity contribution is 7.61. The van der Waals surface area contributed by atoms with Gasteiger partial charge in [-0.05, 0) is 10.3 Å². The topological polar surface area (TPSA) is 0 Å². The van der Waals surface area contributed by atoms with Crippen molar-refractivity contribution in [3.8, 4) is 0 Å². The quantitative estimate of drug-likeness (QED) is 0.517. The van der Waals surface area contributed by atoms with Crippen LogP contribution in [0.25, 0.3) is 0 Å². The van der Waals surface area contributed by atoms with Crippen molar-refractivity contribution >= 4 is 7.92 Å². The Hall–Kier alpha value is 0.220. The normalized spacial score (nSPS) is 15.2. The third kappa shape index (κ3) is 3.84. The Kier molecular flexibility index (Phi) is 3.47. The monoisotopic (exact) mass is 214 g/mol. The second kappa shape index (κ2) is 3.42. The summed E-state index contributed by atoms with van der Waals surface area (Å²) in [5.74, 6) is -4.05. The maximum absolute atomic E-state index is 12.7. The molecule has 0 aromatic heterocycles. The van der Waals surface area contributed by atoms with Gasteiger partial charge in [-0.3, -0.25) is 0 Å². The minimum absolute atomic E-state index is 0.675. The summed E-state index contributed by atoms with van der Waals surface area (Å²) < 4.78 is 38.2. The fraction of sp³-hybridized carbons (Fsp3) is 1.00. The molecule has 0 rings (SSSR count). The van der Waals surface area contributed by atoms with Crippen LogP contribution in [0.5, 0.6) is 0 Å².